The van der Waals surface area contributed by atoms with Gasteiger partial charge in [-0.2, -0.15) is 0 Å². The molecule has 4 nitrogen and oxygen atoms in total. The Morgan fingerprint density at radius 2 is 2.37 bits per heavy atom. The second-order valence-electron chi connectivity index (χ2n) is 4.55. The molecular weight excluding hydrogens is 247 g/mol. The number of hydrogen-bond donors (Lipinski definition) is 1. The van der Waals surface area contributed by atoms with Crippen molar-refractivity contribution in [3.05, 3.63) is 29.6 Å². The zero-order valence-electron chi connectivity index (χ0n) is 11.3. The number of halogens is 1. The van der Waals surface area contributed by atoms with Crippen LogP contribution in [0.3, 0.4) is 0 Å². The fraction of sp³-hybridized carbons (Fsp3) is 0.500. The van der Waals surface area contributed by atoms with Crippen molar-refractivity contribution in [2.45, 2.75) is 19.4 Å². The summed E-state index contributed by atoms with van der Waals surface area (Å²) in [6.07, 6.45) is 0.899. The smallest absolute Gasteiger partial charge is 0.260 e. The SMILES string of the molecule is CCN(C(=O)c1c(F)cccc1OC)C1CCNC1. The van der Waals surface area contributed by atoms with E-state index in [2.05, 4.69) is 5.32 Å². The zero-order valence-corrected chi connectivity index (χ0v) is 11.3. The van der Waals surface area contributed by atoms with Gasteiger partial charge in [0.2, 0.25) is 0 Å². The lowest BCUT2D eigenvalue weighted by Gasteiger charge is -2.27. The van der Waals surface area contributed by atoms with Crippen LogP contribution in [0.2, 0.25) is 0 Å². The Morgan fingerprint density at radius 3 is 2.95 bits per heavy atom. The molecule has 1 heterocycles. The lowest BCUT2D eigenvalue weighted by molar-refractivity contribution is 0.0695. The highest BCUT2D eigenvalue weighted by Crippen LogP contribution is 2.24. The van der Waals surface area contributed by atoms with Crippen LogP contribution in [0.4, 0.5) is 4.39 Å². The number of nitrogens with zero attached hydrogens (tertiary/aromatic N) is 1. The lowest BCUT2D eigenvalue weighted by atomic mass is 10.1. The van der Waals surface area contributed by atoms with Crippen LogP contribution in [0.1, 0.15) is 23.7 Å². The monoisotopic (exact) mass is 266 g/mol. The number of methoxy groups -OCH3 is 1. The minimum Gasteiger partial charge on any atom is -0.496 e. The van der Waals surface area contributed by atoms with Gasteiger partial charge in [0.15, 0.2) is 0 Å². The normalized spacial score (nSPS) is 18.4. The maximum atomic E-state index is 13.9. The maximum Gasteiger partial charge on any atom is 0.260 e. The standard InChI is InChI=1S/C14H19FN2O2/c1-3-17(10-7-8-16-9-10)14(18)13-11(15)5-4-6-12(13)19-2/h4-6,10,16H,3,7-9H2,1-2H3. The van der Waals surface area contributed by atoms with Gasteiger partial charge in [-0.3, -0.25) is 4.79 Å². The Hall–Kier alpha value is -1.62. The fourth-order valence-electron chi connectivity index (χ4n) is 2.50. The van der Waals surface area contributed by atoms with E-state index in [-0.39, 0.29) is 23.3 Å². The van der Waals surface area contributed by atoms with Crippen molar-refractivity contribution in [2.75, 3.05) is 26.7 Å². The van der Waals surface area contributed by atoms with Gasteiger partial charge in [-0.05, 0) is 32.0 Å². The second-order valence-corrected chi connectivity index (χ2v) is 4.55. The van der Waals surface area contributed by atoms with E-state index in [1.807, 2.05) is 6.92 Å². The molecule has 0 spiro atoms. The first-order valence-corrected chi connectivity index (χ1v) is 6.53. The number of ether oxygens (including phenoxy) is 1. The van der Waals surface area contributed by atoms with Crippen molar-refractivity contribution >= 4 is 5.91 Å². The van der Waals surface area contributed by atoms with Crippen LogP contribution < -0.4 is 10.1 Å². The summed E-state index contributed by atoms with van der Waals surface area (Å²) in [5.41, 5.74) is 0.0266. The highest BCUT2D eigenvalue weighted by molar-refractivity contribution is 5.97. The predicted octanol–water partition coefficient (Wildman–Crippen LogP) is 1.66. The van der Waals surface area contributed by atoms with Crippen molar-refractivity contribution in [3.63, 3.8) is 0 Å². The molecule has 104 valence electrons. The molecule has 5 heteroatoms. The maximum absolute atomic E-state index is 13.9. The predicted molar refractivity (Wildman–Crippen MR) is 70.9 cm³/mol. The fourth-order valence-corrected chi connectivity index (χ4v) is 2.50. The van der Waals surface area contributed by atoms with Gasteiger partial charge in [0.1, 0.15) is 17.1 Å². The van der Waals surface area contributed by atoms with Crippen LogP contribution in [-0.4, -0.2) is 43.6 Å². The molecule has 19 heavy (non-hydrogen) atoms. The minimum absolute atomic E-state index is 0.0266. The van der Waals surface area contributed by atoms with Gasteiger partial charge in [0.05, 0.1) is 7.11 Å². The Morgan fingerprint density at radius 1 is 1.58 bits per heavy atom. The number of hydrogen-bond acceptors (Lipinski definition) is 3. The molecule has 1 aliphatic rings. The molecule has 0 aliphatic carbocycles. The number of benzene rings is 1. The van der Waals surface area contributed by atoms with E-state index in [0.29, 0.717) is 6.54 Å². The molecule has 2 rings (SSSR count). The summed E-state index contributed by atoms with van der Waals surface area (Å²) in [7, 11) is 1.44. The number of carbonyl (C=O) groups excluding carboxylic acids is 1. The third-order valence-corrected chi connectivity index (χ3v) is 3.49. The Balaban J connectivity index is 2.31. The molecule has 0 bridgehead atoms. The van der Waals surface area contributed by atoms with E-state index in [1.54, 1.807) is 17.0 Å². The van der Waals surface area contributed by atoms with E-state index in [9.17, 15) is 9.18 Å². The number of amides is 1. The Kier molecular flexibility index (Phi) is 4.37. The molecule has 1 aromatic rings. The summed E-state index contributed by atoms with van der Waals surface area (Å²) in [4.78, 5) is 14.3. The zero-order chi connectivity index (χ0) is 13.8. The van der Waals surface area contributed by atoms with Crippen LogP contribution in [0.15, 0.2) is 18.2 Å². The lowest BCUT2D eigenvalue weighted by Crippen LogP contribution is -2.41. The number of carbonyl (C=O) groups is 1. The molecule has 1 atom stereocenters. The Bertz CT molecular complexity index is 459. The third-order valence-electron chi connectivity index (χ3n) is 3.49. The molecule has 1 amide bonds. The van der Waals surface area contributed by atoms with Gasteiger partial charge in [-0.25, -0.2) is 4.39 Å². The Labute approximate surface area is 112 Å². The summed E-state index contributed by atoms with van der Waals surface area (Å²) in [5.74, 6) is -0.547. The van der Waals surface area contributed by atoms with Crippen LogP contribution in [0, 0.1) is 5.82 Å². The first kappa shape index (κ1) is 13.8. The van der Waals surface area contributed by atoms with Crippen LogP contribution in [-0.2, 0) is 0 Å². The summed E-state index contributed by atoms with van der Waals surface area (Å²) >= 11 is 0. The van der Waals surface area contributed by atoms with Gasteiger partial charge in [-0.15, -0.1) is 0 Å². The van der Waals surface area contributed by atoms with Crippen molar-refractivity contribution in [3.8, 4) is 5.75 Å². The number of nitrogens with one attached hydrogen (secondary N) is 1. The highest BCUT2D eigenvalue weighted by Gasteiger charge is 2.29. The van der Waals surface area contributed by atoms with Crippen LogP contribution in [0.5, 0.6) is 5.75 Å². The summed E-state index contributed by atoms with van der Waals surface area (Å²) in [6, 6.07) is 4.56. The van der Waals surface area contributed by atoms with E-state index in [1.165, 1.54) is 13.2 Å². The van der Waals surface area contributed by atoms with Crippen LogP contribution in [0.25, 0.3) is 0 Å². The second kappa shape index (κ2) is 6.02. The topological polar surface area (TPSA) is 41.6 Å². The quantitative estimate of drug-likeness (QED) is 0.901. The molecular formula is C14H19FN2O2. The first-order chi connectivity index (χ1) is 9.19. The largest absolute Gasteiger partial charge is 0.496 e. The van der Waals surface area contributed by atoms with Gasteiger partial charge in [0.25, 0.3) is 5.91 Å². The third kappa shape index (κ3) is 2.71. The van der Waals surface area contributed by atoms with Gasteiger partial charge >= 0.3 is 0 Å². The van der Waals surface area contributed by atoms with Crippen molar-refractivity contribution in [2.24, 2.45) is 0 Å². The minimum atomic E-state index is -0.534. The first-order valence-electron chi connectivity index (χ1n) is 6.53. The van der Waals surface area contributed by atoms with Crippen molar-refractivity contribution in [1.29, 1.82) is 0 Å². The molecule has 1 unspecified atom stereocenters. The average molecular weight is 266 g/mol. The van der Waals surface area contributed by atoms with Gasteiger partial charge in [-0.1, -0.05) is 6.07 Å². The number of likely N-dealkylation sites (N-methyl/N-ethyl adjacent to an activating group) is 1. The summed E-state index contributed by atoms with van der Waals surface area (Å²) < 4.78 is 19.0. The van der Waals surface area contributed by atoms with Crippen molar-refractivity contribution in [1.82, 2.24) is 10.2 Å². The molecule has 1 aromatic carbocycles. The van der Waals surface area contributed by atoms with Gasteiger partial charge in [0, 0.05) is 19.1 Å². The van der Waals surface area contributed by atoms with E-state index in [4.69, 9.17) is 4.74 Å². The summed E-state index contributed by atoms with van der Waals surface area (Å²) in [6.45, 7) is 4.12. The van der Waals surface area contributed by atoms with E-state index < -0.39 is 5.82 Å². The molecule has 1 N–H and O–H groups in total. The molecule has 1 fully saturated rings. The average Bonchev–Trinajstić information content (AvgIpc) is 2.92. The van der Waals surface area contributed by atoms with Crippen molar-refractivity contribution < 1.29 is 13.9 Å². The molecule has 0 saturated carbocycles. The van der Waals surface area contributed by atoms with Crippen LogP contribution >= 0.6 is 0 Å². The molecule has 1 aliphatic heterocycles. The highest BCUT2D eigenvalue weighted by atomic mass is 19.1. The molecule has 1 saturated heterocycles. The number of rotatable bonds is 4. The molecule has 0 aromatic heterocycles. The molecule has 0 radical (unpaired) electrons. The summed E-state index contributed by atoms with van der Waals surface area (Å²) in [5, 5.41) is 3.22. The van der Waals surface area contributed by atoms with E-state index in [0.717, 1.165) is 19.5 Å². The van der Waals surface area contributed by atoms with Gasteiger partial charge < -0.3 is 15.0 Å². The van der Waals surface area contributed by atoms with E-state index >= 15 is 0 Å².